The van der Waals surface area contributed by atoms with Gasteiger partial charge >= 0.3 is 0 Å². The minimum Gasteiger partial charge on any atom is -0.497 e. The number of ether oxygens (including phenoxy) is 2. The highest BCUT2D eigenvalue weighted by Gasteiger charge is 2.43. The van der Waals surface area contributed by atoms with Crippen LogP contribution in [-0.2, 0) is 11.3 Å². The van der Waals surface area contributed by atoms with E-state index in [4.69, 9.17) is 9.47 Å². The number of piperidine rings is 3. The molecule has 0 radical (unpaired) electrons. The van der Waals surface area contributed by atoms with Gasteiger partial charge in [-0.25, -0.2) is 0 Å². The summed E-state index contributed by atoms with van der Waals surface area (Å²) in [6.45, 7) is 6.90. The van der Waals surface area contributed by atoms with E-state index in [0.717, 1.165) is 36.2 Å². The lowest BCUT2D eigenvalue weighted by molar-refractivity contribution is -0.0803. The molecule has 3 aliphatic heterocycles. The van der Waals surface area contributed by atoms with Gasteiger partial charge in [-0.05, 0) is 66.6 Å². The highest BCUT2D eigenvalue weighted by molar-refractivity contribution is 5.84. The van der Waals surface area contributed by atoms with Crippen LogP contribution in [0.15, 0.2) is 73.4 Å². The van der Waals surface area contributed by atoms with Crippen LogP contribution in [0, 0.1) is 11.8 Å². The molecule has 0 saturated carbocycles. The number of nitrogens with zero attached hydrogens (tertiary/aromatic N) is 2. The molecule has 0 spiro atoms. The van der Waals surface area contributed by atoms with Crippen molar-refractivity contribution in [2.24, 2.45) is 11.8 Å². The van der Waals surface area contributed by atoms with Crippen LogP contribution in [0.2, 0.25) is 0 Å². The highest BCUT2D eigenvalue weighted by atomic mass is 16.5. The van der Waals surface area contributed by atoms with Gasteiger partial charge in [0.2, 0.25) is 0 Å². The lowest BCUT2D eigenvalue weighted by Gasteiger charge is -2.51. The number of hydrogen-bond acceptors (Lipinski definition) is 4. The van der Waals surface area contributed by atoms with Crippen molar-refractivity contribution < 1.29 is 9.47 Å². The van der Waals surface area contributed by atoms with Gasteiger partial charge in [-0.15, -0.1) is 6.58 Å². The van der Waals surface area contributed by atoms with E-state index in [2.05, 4.69) is 58.9 Å². The standard InChI is InChI=1S/C27H30N2O2/c1-3-20-17-29-14-12-21(20)15-26(29)27(31-18-19-7-5-4-6-8-19)23-11-13-28-25-10-9-22(30-2)16-24(23)25/h3-11,13,16,20-21,26-27H,1,12,14-15,17-18H2,2H3/t20-,21-,26+,27-/m0/s1. The fourth-order valence-electron chi connectivity index (χ4n) is 5.38. The van der Waals surface area contributed by atoms with Crippen molar-refractivity contribution in [3.05, 3.63) is 84.6 Å². The van der Waals surface area contributed by atoms with Crippen molar-refractivity contribution >= 4 is 10.9 Å². The zero-order valence-corrected chi connectivity index (χ0v) is 18.1. The van der Waals surface area contributed by atoms with Crippen LogP contribution in [0.3, 0.4) is 0 Å². The Labute approximate surface area is 184 Å². The molecule has 2 bridgehead atoms. The Kier molecular flexibility index (Phi) is 5.75. The van der Waals surface area contributed by atoms with E-state index in [9.17, 15) is 0 Å². The second-order valence-electron chi connectivity index (χ2n) is 8.75. The minimum absolute atomic E-state index is 0.0219. The number of aromatic nitrogens is 1. The van der Waals surface area contributed by atoms with E-state index >= 15 is 0 Å². The van der Waals surface area contributed by atoms with E-state index in [1.807, 2.05) is 24.4 Å². The third-order valence-corrected chi connectivity index (χ3v) is 7.06. The van der Waals surface area contributed by atoms with Crippen LogP contribution in [0.25, 0.3) is 10.9 Å². The van der Waals surface area contributed by atoms with Crippen LogP contribution in [0.5, 0.6) is 5.75 Å². The lowest BCUT2D eigenvalue weighted by Crippen LogP contribution is -2.55. The maximum atomic E-state index is 6.72. The molecule has 3 aliphatic rings. The van der Waals surface area contributed by atoms with Crippen molar-refractivity contribution in [3.8, 4) is 5.75 Å². The summed E-state index contributed by atoms with van der Waals surface area (Å²) in [5.74, 6) is 2.13. The van der Waals surface area contributed by atoms with Crippen LogP contribution in [0.1, 0.15) is 30.1 Å². The zero-order valence-electron chi connectivity index (χ0n) is 18.1. The van der Waals surface area contributed by atoms with Gasteiger partial charge in [-0.1, -0.05) is 36.4 Å². The first-order valence-corrected chi connectivity index (χ1v) is 11.2. The fraction of sp³-hybridized carbons (Fsp3) is 0.370. The molecule has 4 heteroatoms. The van der Waals surface area contributed by atoms with Crippen LogP contribution >= 0.6 is 0 Å². The van der Waals surface area contributed by atoms with E-state index < -0.39 is 0 Å². The lowest BCUT2D eigenvalue weighted by atomic mass is 9.73. The van der Waals surface area contributed by atoms with Gasteiger partial charge in [0.25, 0.3) is 0 Å². The molecule has 6 rings (SSSR count). The summed E-state index contributed by atoms with van der Waals surface area (Å²) in [6.07, 6.45) is 6.44. The van der Waals surface area contributed by atoms with Crippen LogP contribution < -0.4 is 4.74 Å². The second-order valence-corrected chi connectivity index (χ2v) is 8.75. The Hall–Kier alpha value is -2.69. The Morgan fingerprint density at radius 1 is 1.19 bits per heavy atom. The number of fused-ring (bicyclic) bond motifs is 4. The molecule has 4 nitrogen and oxygen atoms in total. The molecule has 1 aromatic heterocycles. The molecule has 1 unspecified atom stereocenters. The molecule has 3 saturated heterocycles. The maximum absolute atomic E-state index is 6.72. The third-order valence-electron chi connectivity index (χ3n) is 7.06. The van der Waals surface area contributed by atoms with Crippen LogP contribution in [-0.4, -0.2) is 36.1 Å². The summed E-state index contributed by atoms with van der Waals surface area (Å²) in [5, 5.41) is 1.11. The fourth-order valence-corrected chi connectivity index (χ4v) is 5.38. The average molecular weight is 415 g/mol. The third kappa shape index (κ3) is 3.98. The second kappa shape index (κ2) is 8.81. The molecule has 3 fully saturated rings. The number of pyridine rings is 1. The van der Waals surface area contributed by atoms with E-state index in [1.165, 1.54) is 17.5 Å². The number of benzene rings is 2. The molecule has 0 aliphatic carbocycles. The Balaban J connectivity index is 1.53. The first-order chi connectivity index (χ1) is 15.3. The zero-order chi connectivity index (χ0) is 21.2. The minimum atomic E-state index is -0.0219. The van der Waals surface area contributed by atoms with Crippen molar-refractivity contribution in [1.82, 2.24) is 9.88 Å². The highest BCUT2D eigenvalue weighted by Crippen LogP contribution is 2.43. The summed E-state index contributed by atoms with van der Waals surface area (Å²) in [7, 11) is 1.71. The SMILES string of the molecule is C=C[C@H]1CN2CC[C@H]1C[C@@H]2[C@@H](OCc1ccccc1)c1ccnc2ccc(OC)cc12. The smallest absolute Gasteiger partial charge is 0.119 e. The maximum Gasteiger partial charge on any atom is 0.119 e. The van der Waals surface area contributed by atoms with Gasteiger partial charge in [0.15, 0.2) is 0 Å². The van der Waals surface area contributed by atoms with Gasteiger partial charge in [-0.2, -0.15) is 0 Å². The van der Waals surface area contributed by atoms with Crippen LogP contribution in [0.4, 0.5) is 0 Å². The number of hydrogen-bond donors (Lipinski definition) is 0. The number of rotatable bonds is 7. The van der Waals surface area contributed by atoms with Gasteiger partial charge in [0.1, 0.15) is 5.75 Å². The topological polar surface area (TPSA) is 34.6 Å². The van der Waals surface area contributed by atoms with Gasteiger partial charge in [0.05, 0.1) is 25.3 Å². The summed E-state index contributed by atoms with van der Waals surface area (Å²) in [5.41, 5.74) is 3.38. The molecular formula is C27H30N2O2. The quantitative estimate of drug-likeness (QED) is 0.485. The molecule has 2 aromatic carbocycles. The van der Waals surface area contributed by atoms with Gasteiger partial charge in [0, 0.05) is 24.2 Å². The predicted octanol–water partition coefficient (Wildman–Crippen LogP) is 5.40. The first-order valence-electron chi connectivity index (χ1n) is 11.2. The Morgan fingerprint density at radius 3 is 2.81 bits per heavy atom. The largest absolute Gasteiger partial charge is 0.497 e. The predicted molar refractivity (Wildman–Crippen MR) is 124 cm³/mol. The molecule has 4 heterocycles. The van der Waals surface area contributed by atoms with Gasteiger partial charge < -0.3 is 9.47 Å². The Morgan fingerprint density at radius 2 is 2.06 bits per heavy atom. The van der Waals surface area contributed by atoms with Crippen molar-refractivity contribution in [2.45, 2.75) is 31.6 Å². The first kappa shape index (κ1) is 20.2. The Bertz CT molecular complexity index is 1050. The molecule has 0 N–H and O–H groups in total. The van der Waals surface area contributed by atoms with Crippen molar-refractivity contribution in [2.75, 3.05) is 20.2 Å². The normalized spacial score (nSPS) is 26.0. The summed E-state index contributed by atoms with van der Waals surface area (Å²) in [4.78, 5) is 7.22. The summed E-state index contributed by atoms with van der Waals surface area (Å²) in [6, 6.07) is 19.0. The van der Waals surface area contributed by atoms with Gasteiger partial charge in [-0.3, -0.25) is 9.88 Å². The molecule has 0 amide bonds. The molecule has 31 heavy (non-hydrogen) atoms. The van der Waals surface area contributed by atoms with Crippen molar-refractivity contribution in [3.63, 3.8) is 0 Å². The van der Waals surface area contributed by atoms with E-state index in [1.54, 1.807) is 7.11 Å². The van der Waals surface area contributed by atoms with E-state index in [-0.39, 0.29) is 6.10 Å². The molecule has 160 valence electrons. The van der Waals surface area contributed by atoms with Crippen molar-refractivity contribution in [1.29, 1.82) is 0 Å². The molecule has 3 aromatic rings. The molecular weight excluding hydrogens is 384 g/mol. The number of methoxy groups -OCH3 is 1. The summed E-state index contributed by atoms with van der Waals surface area (Å²) >= 11 is 0. The van der Waals surface area contributed by atoms with E-state index in [0.29, 0.717) is 24.5 Å². The monoisotopic (exact) mass is 414 g/mol. The average Bonchev–Trinajstić information content (AvgIpc) is 2.85. The molecule has 5 atom stereocenters. The summed E-state index contributed by atoms with van der Waals surface area (Å²) < 4.78 is 12.2.